The number of rotatable bonds is 5. The van der Waals surface area contributed by atoms with E-state index in [1.807, 2.05) is 0 Å². The molecule has 4 heteroatoms. The van der Waals surface area contributed by atoms with Crippen LogP contribution in [0.25, 0.3) is 0 Å². The fourth-order valence-corrected chi connectivity index (χ4v) is 1.81. The van der Waals surface area contributed by atoms with Gasteiger partial charge in [-0.15, -0.1) is 12.4 Å². The summed E-state index contributed by atoms with van der Waals surface area (Å²) in [7, 11) is 0. The normalized spacial score (nSPS) is 22.8. The topological polar surface area (TPSA) is 38.5 Å². The van der Waals surface area contributed by atoms with Crippen LogP contribution in [-0.4, -0.2) is 43.8 Å². The van der Waals surface area contributed by atoms with Crippen LogP contribution in [0.5, 0.6) is 0 Å². The van der Waals surface area contributed by atoms with Crippen LogP contribution in [0.1, 0.15) is 26.7 Å². The van der Waals surface area contributed by atoms with Crippen molar-refractivity contribution in [2.45, 2.75) is 32.7 Å². The van der Waals surface area contributed by atoms with Crippen LogP contribution < -0.4 is 5.73 Å². The largest absolute Gasteiger partial charge is 0.380 e. The molecule has 0 amide bonds. The monoisotopic (exact) mass is 236 g/mol. The van der Waals surface area contributed by atoms with Gasteiger partial charge >= 0.3 is 0 Å². The summed E-state index contributed by atoms with van der Waals surface area (Å²) < 4.78 is 5.55. The van der Waals surface area contributed by atoms with E-state index in [1.165, 1.54) is 19.4 Å². The quantitative estimate of drug-likeness (QED) is 0.736. The highest BCUT2D eigenvalue weighted by atomic mass is 35.5. The summed E-state index contributed by atoms with van der Waals surface area (Å²) in [4.78, 5) is 2.41. The predicted octanol–water partition coefficient (Wildman–Crippen LogP) is 1.50. The summed E-state index contributed by atoms with van der Waals surface area (Å²) in [5.74, 6) is 0.638. The molecule has 0 aromatic heterocycles. The van der Waals surface area contributed by atoms with Gasteiger partial charge in [-0.05, 0) is 25.3 Å². The second kappa shape index (κ2) is 8.34. The molecule has 0 saturated carbocycles. The zero-order valence-electron chi connectivity index (χ0n) is 9.95. The predicted molar refractivity (Wildman–Crippen MR) is 66.6 cm³/mol. The second-order valence-corrected chi connectivity index (χ2v) is 4.67. The number of hydrogen-bond acceptors (Lipinski definition) is 3. The summed E-state index contributed by atoms with van der Waals surface area (Å²) in [6.45, 7) is 9.36. The van der Waals surface area contributed by atoms with Gasteiger partial charge in [0.15, 0.2) is 0 Å². The number of ether oxygens (including phenoxy) is 1. The number of piperidine rings is 1. The van der Waals surface area contributed by atoms with Crippen LogP contribution in [0, 0.1) is 5.92 Å². The minimum absolute atomic E-state index is 0. The van der Waals surface area contributed by atoms with Gasteiger partial charge in [-0.1, -0.05) is 13.8 Å². The molecule has 0 aromatic carbocycles. The molecule has 0 aliphatic carbocycles. The van der Waals surface area contributed by atoms with Gasteiger partial charge in [0.05, 0.1) is 6.61 Å². The molecule has 0 radical (unpaired) electrons. The highest BCUT2D eigenvalue weighted by molar-refractivity contribution is 5.85. The van der Waals surface area contributed by atoms with E-state index in [2.05, 4.69) is 18.7 Å². The Labute approximate surface area is 99.7 Å². The lowest BCUT2D eigenvalue weighted by Crippen LogP contribution is -2.44. The Hall–Kier alpha value is 0.170. The minimum atomic E-state index is 0. The summed E-state index contributed by atoms with van der Waals surface area (Å²) >= 11 is 0. The first-order valence-corrected chi connectivity index (χ1v) is 5.74. The van der Waals surface area contributed by atoms with Gasteiger partial charge in [0, 0.05) is 25.7 Å². The average Bonchev–Trinajstić information content (AvgIpc) is 2.12. The van der Waals surface area contributed by atoms with Crippen LogP contribution in [0.15, 0.2) is 0 Å². The molecule has 3 nitrogen and oxygen atoms in total. The Bertz CT molecular complexity index is 156. The molecule has 0 aromatic rings. The summed E-state index contributed by atoms with van der Waals surface area (Å²) in [5, 5.41) is 0. The van der Waals surface area contributed by atoms with Gasteiger partial charge in [0.25, 0.3) is 0 Å². The molecule has 0 bridgehead atoms. The lowest BCUT2D eigenvalue weighted by atomic mass is 10.1. The summed E-state index contributed by atoms with van der Waals surface area (Å²) in [6.07, 6.45) is 2.43. The highest BCUT2D eigenvalue weighted by Crippen LogP contribution is 2.07. The molecule has 1 aliphatic rings. The van der Waals surface area contributed by atoms with E-state index in [1.54, 1.807) is 0 Å². The van der Waals surface area contributed by atoms with Gasteiger partial charge in [0.1, 0.15) is 0 Å². The highest BCUT2D eigenvalue weighted by Gasteiger charge is 2.15. The molecule has 0 spiro atoms. The maximum atomic E-state index is 5.90. The second-order valence-electron chi connectivity index (χ2n) is 4.67. The van der Waals surface area contributed by atoms with Crippen molar-refractivity contribution in [3.63, 3.8) is 0 Å². The third kappa shape index (κ3) is 7.12. The average molecular weight is 237 g/mol. The standard InChI is InChI=1S/C11H24N2O.ClH/c1-10(2)9-14-7-6-13-5-3-4-11(12)8-13;/h10-11H,3-9,12H2,1-2H3;1H. The van der Waals surface area contributed by atoms with Gasteiger partial charge in [-0.3, -0.25) is 4.90 Å². The van der Waals surface area contributed by atoms with Gasteiger partial charge in [-0.25, -0.2) is 0 Å². The molecule has 1 atom stereocenters. The van der Waals surface area contributed by atoms with Crippen molar-refractivity contribution in [2.75, 3.05) is 32.8 Å². The van der Waals surface area contributed by atoms with Crippen molar-refractivity contribution in [3.8, 4) is 0 Å². The number of halogens is 1. The summed E-state index contributed by atoms with van der Waals surface area (Å²) in [6, 6.07) is 0.383. The molecule has 1 fully saturated rings. The van der Waals surface area contributed by atoms with Crippen LogP contribution >= 0.6 is 12.4 Å². The smallest absolute Gasteiger partial charge is 0.0593 e. The Morgan fingerprint density at radius 2 is 2.20 bits per heavy atom. The zero-order chi connectivity index (χ0) is 10.4. The molecule has 2 N–H and O–H groups in total. The van der Waals surface area contributed by atoms with Crippen molar-refractivity contribution in [1.29, 1.82) is 0 Å². The third-order valence-corrected chi connectivity index (χ3v) is 2.55. The molecule has 1 saturated heterocycles. The van der Waals surface area contributed by atoms with E-state index in [4.69, 9.17) is 10.5 Å². The molecule has 1 rings (SSSR count). The van der Waals surface area contributed by atoms with Crippen molar-refractivity contribution in [2.24, 2.45) is 11.7 Å². The molecule has 1 heterocycles. The van der Waals surface area contributed by atoms with Crippen molar-refractivity contribution >= 4 is 12.4 Å². The Balaban J connectivity index is 0.00000196. The Morgan fingerprint density at radius 3 is 2.80 bits per heavy atom. The van der Waals surface area contributed by atoms with E-state index in [0.29, 0.717) is 12.0 Å². The van der Waals surface area contributed by atoms with E-state index in [0.717, 1.165) is 26.3 Å². The fourth-order valence-electron chi connectivity index (χ4n) is 1.81. The van der Waals surface area contributed by atoms with Gasteiger partial charge in [-0.2, -0.15) is 0 Å². The lowest BCUT2D eigenvalue weighted by Gasteiger charge is -2.30. The fraction of sp³-hybridized carbons (Fsp3) is 1.00. The first-order chi connectivity index (χ1) is 6.68. The first-order valence-electron chi connectivity index (χ1n) is 5.74. The van der Waals surface area contributed by atoms with Gasteiger partial charge in [0.2, 0.25) is 0 Å². The van der Waals surface area contributed by atoms with E-state index in [9.17, 15) is 0 Å². The van der Waals surface area contributed by atoms with E-state index >= 15 is 0 Å². The number of likely N-dealkylation sites (tertiary alicyclic amines) is 1. The Morgan fingerprint density at radius 1 is 1.47 bits per heavy atom. The van der Waals surface area contributed by atoms with Crippen LogP contribution in [-0.2, 0) is 4.74 Å². The first kappa shape index (κ1) is 15.2. The summed E-state index contributed by atoms with van der Waals surface area (Å²) in [5.41, 5.74) is 5.90. The van der Waals surface area contributed by atoms with E-state index in [-0.39, 0.29) is 12.4 Å². The maximum absolute atomic E-state index is 5.90. The number of hydrogen-bond donors (Lipinski definition) is 1. The minimum Gasteiger partial charge on any atom is -0.380 e. The van der Waals surface area contributed by atoms with Gasteiger partial charge < -0.3 is 10.5 Å². The Kier molecular flexibility index (Phi) is 8.43. The van der Waals surface area contributed by atoms with Crippen LogP contribution in [0.3, 0.4) is 0 Å². The molecular weight excluding hydrogens is 212 g/mol. The zero-order valence-corrected chi connectivity index (χ0v) is 10.8. The van der Waals surface area contributed by atoms with E-state index < -0.39 is 0 Å². The third-order valence-electron chi connectivity index (χ3n) is 2.55. The molecule has 92 valence electrons. The number of nitrogens with zero attached hydrogens (tertiary/aromatic N) is 1. The van der Waals surface area contributed by atoms with Crippen molar-refractivity contribution in [3.05, 3.63) is 0 Å². The molecule has 15 heavy (non-hydrogen) atoms. The number of nitrogens with two attached hydrogens (primary N) is 1. The molecule has 1 aliphatic heterocycles. The lowest BCUT2D eigenvalue weighted by molar-refractivity contribution is 0.0774. The van der Waals surface area contributed by atoms with Crippen molar-refractivity contribution < 1.29 is 4.74 Å². The molecular formula is C11H25ClN2O. The molecule has 1 unspecified atom stereocenters. The maximum Gasteiger partial charge on any atom is 0.0593 e. The van der Waals surface area contributed by atoms with Crippen LogP contribution in [0.4, 0.5) is 0 Å². The van der Waals surface area contributed by atoms with Crippen LogP contribution in [0.2, 0.25) is 0 Å². The SMILES string of the molecule is CC(C)COCCN1CCCC(N)C1.Cl. The van der Waals surface area contributed by atoms with Crippen molar-refractivity contribution in [1.82, 2.24) is 4.90 Å².